The van der Waals surface area contributed by atoms with Crippen molar-refractivity contribution in [2.45, 2.75) is 66.5 Å². The molecule has 0 spiro atoms. The van der Waals surface area contributed by atoms with Gasteiger partial charge in [-0.1, -0.05) is 0 Å². The molecule has 2 rings (SSSR count). The predicted octanol–water partition coefficient (Wildman–Crippen LogP) is -0.376. The molecule has 0 aromatic heterocycles. The van der Waals surface area contributed by atoms with Crippen molar-refractivity contribution in [1.29, 1.82) is 0 Å². The van der Waals surface area contributed by atoms with Gasteiger partial charge in [-0.25, -0.2) is 0 Å². The van der Waals surface area contributed by atoms with Gasteiger partial charge in [0.25, 0.3) is 0 Å². The molecule has 0 fully saturated rings. The van der Waals surface area contributed by atoms with Gasteiger partial charge in [-0.05, 0) is 0 Å². The zero-order chi connectivity index (χ0) is 14.9. The van der Waals surface area contributed by atoms with Crippen LogP contribution in [0.3, 0.4) is 0 Å². The number of hydrogen-bond acceptors (Lipinski definition) is 0. The van der Waals surface area contributed by atoms with E-state index >= 15 is 0 Å². The van der Waals surface area contributed by atoms with E-state index in [0.29, 0.717) is 0 Å². The van der Waals surface area contributed by atoms with Gasteiger partial charge in [-0.2, -0.15) is 0 Å². The Bertz CT molecular complexity index is 483. The summed E-state index contributed by atoms with van der Waals surface area (Å²) in [7, 11) is 0. The van der Waals surface area contributed by atoms with E-state index in [1.54, 1.807) is 22.3 Å². The maximum atomic E-state index is 2.49. The summed E-state index contributed by atoms with van der Waals surface area (Å²) in [6.45, 7) is 14.4. The van der Waals surface area contributed by atoms with Gasteiger partial charge in [0.15, 0.2) is 0 Å². The van der Waals surface area contributed by atoms with Crippen LogP contribution in [0.1, 0.15) is 54.4 Å². The standard InChI is InChI=1S/2C7H9.C4H11Si.2BrH.Zr/c2*1-6-4-3-5-7(6)2;1-3-5-4-2;;;/h2*4H,3H2,1-2H3;5H,3-4H2,1-2H3;2*1H;/q;;;;;+2/p-2. The summed E-state index contributed by atoms with van der Waals surface area (Å²) in [6, 6.07) is 3.02. The van der Waals surface area contributed by atoms with Crippen LogP contribution in [-0.2, 0) is 20.9 Å². The third kappa shape index (κ3) is 4.55. The van der Waals surface area contributed by atoms with Gasteiger partial charge in [-0.15, -0.1) is 0 Å². The molecule has 22 heavy (non-hydrogen) atoms. The Hall–Kier alpha value is 1.02. The van der Waals surface area contributed by atoms with Crippen molar-refractivity contribution in [2.75, 3.05) is 0 Å². The zero-order valence-electron chi connectivity index (χ0n) is 14.8. The molecular formula is C18H29Br2SiZr. The first-order valence-corrected chi connectivity index (χ1v) is 17.0. The van der Waals surface area contributed by atoms with Crippen molar-refractivity contribution >= 4 is 5.92 Å². The number of hydrogen-bond donors (Lipinski definition) is 0. The van der Waals surface area contributed by atoms with Crippen molar-refractivity contribution in [1.82, 2.24) is 0 Å². The second-order valence-electron chi connectivity index (χ2n) is 6.32. The molecule has 0 saturated carbocycles. The summed E-state index contributed by atoms with van der Waals surface area (Å²) in [5.41, 5.74) is 6.50. The number of rotatable bonds is 5. The molecule has 4 heteroatoms. The van der Waals surface area contributed by atoms with Crippen LogP contribution in [0, 0.1) is 0 Å². The van der Waals surface area contributed by atoms with Crippen molar-refractivity contribution in [3.05, 3.63) is 41.0 Å². The SMILES string of the molecule is CC[SiH](CC)[Zr+2]([C]1=C(C)C(C)=CC1)[C]1=C(C)C(C)=CC1.[Br-].[Br-]. The van der Waals surface area contributed by atoms with Crippen molar-refractivity contribution in [3.63, 3.8) is 0 Å². The monoisotopic (exact) mass is 521 g/mol. The van der Waals surface area contributed by atoms with Crippen molar-refractivity contribution < 1.29 is 54.9 Å². The topological polar surface area (TPSA) is 0 Å². The van der Waals surface area contributed by atoms with E-state index in [1.165, 1.54) is 24.9 Å². The molecule has 0 aromatic carbocycles. The second-order valence-corrected chi connectivity index (χ2v) is 23.8. The summed E-state index contributed by atoms with van der Waals surface area (Å²) < 4.78 is 3.92. The van der Waals surface area contributed by atoms with E-state index in [1.807, 2.05) is 6.56 Å². The number of halogens is 2. The molecule has 0 aromatic rings. The largest absolute Gasteiger partial charge is 1.00 e. The van der Waals surface area contributed by atoms with E-state index < -0.39 is 26.8 Å². The molecular weight excluding hydrogens is 495 g/mol. The van der Waals surface area contributed by atoms with Crippen molar-refractivity contribution in [3.8, 4) is 0 Å². The van der Waals surface area contributed by atoms with Gasteiger partial charge in [0.05, 0.1) is 0 Å². The molecule has 0 amide bonds. The van der Waals surface area contributed by atoms with Crippen LogP contribution in [0.25, 0.3) is 0 Å². The predicted molar refractivity (Wildman–Crippen MR) is 90.3 cm³/mol. The fourth-order valence-corrected chi connectivity index (χ4v) is 28.7. The van der Waals surface area contributed by atoms with Gasteiger partial charge in [0, 0.05) is 0 Å². The molecule has 0 saturated heterocycles. The Morgan fingerprint density at radius 1 is 0.818 bits per heavy atom. The summed E-state index contributed by atoms with van der Waals surface area (Å²) in [6.07, 6.45) is 7.58. The molecule has 2 aliphatic rings. The Kier molecular flexibility index (Phi) is 10.6. The summed E-state index contributed by atoms with van der Waals surface area (Å²) in [5.74, 6) is -0.531. The normalized spacial score (nSPS) is 17.4. The minimum atomic E-state index is -1.54. The van der Waals surface area contributed by atoms with Crippen LogP contribution in [0.4, 0.5) is 0 Å². The fraction of sp³-hybridized carbons (Fsp3) is 0.556. The Balaban J connectivity index is 0.00000220. The molecule has 0 bridgehead atoms. The second kappa shape index (κ2) is 10.1. The molecule has 0 aliphatic heterocycles. The van der Waals surface area contributed by atoms with E-state index in [4.69, 9.17) is 0 Å². The molecule has 0 nitrogen and oxygen atoms in total. The summed E-state index contributed by atoms with van der Waals surface area (Å²) in [4.78, 5) is 0. The molecule has 0 atom stereocenters. The van der Waals surface area contributed by atoms with E-state index in [0.717, 1.165) is 0 Å². The van der Waals surface area contributed by atoms with Gasteiger partial charge in [0.1, 0.15) is 0 Å². The third-order valence-electron chi connectivity index (χ3n) is 5.36. The van der Waals surface area contributed by atoms with E-state index in [-0.39, 0.29) is 34.0 Å². The summed E-state index contributed by atoms with van der Waals surface area (Å²) >= 11 is -1.54. The zero-order valence-corrected chi connectivity index (χ0v) is 21.6. The van der Waals surface area contributed by atoms with Gasteiger partial charge < -0.3 is 34.0 Å². The molecule has 0 heterocycles. The fourth-order valence-electron chi connectivity index (χ4n) is 3.59. The minimum absolute atomic E-state index is 0. The van der Waals surface area contributed by atoms with Crippen molar-refractivity contribution in [2.24, 2.45) is 0 Å². The quantitative estimate of drug-likeness (QED) is 0.431. The van der Waals surface area contributed by atoms with Crippen LogP contribution >= 0.6 is 0 Å². The van der Waals surface area contributed by atoms with Gasteiger partial charge in [0.2, 0.25) is 0 Å². The smallest absolute Gasteiger partial charge is 1.00 e. The first kappa shape index (κ1) is 23.0. The van der Waals surface area contributed by atoms with E-state index in [9.17, 15) is 0 Å². The average Bonchev–Trinajstić information content (AvgIpc) is 2.93. The molecule has 0 radical (unpaired) electrons. The summed E-state index contributed by atoms with van der Waals surface area (Å²) in [5, 5.41) is 0. The first-order chi connectivity index (χ1) is 9.51. The molecule has 123 valence electrons. The first-order valence-electron chi connectivity index (χ1n) is 8.12. The Labute approximate surface area is 167 Å². The van der Waals surface area contributed by atoms with Gasteiger partial charge in [-0.3, -0.25) is 0 Å². The molecule has 2 aliphatic carbocycles. The van der Waals surface area contributed by atoms with Gasteiger partial charge >= 0.3 is 134 Å². The van der Waals surface area contributed by atoms with Crippen LogP contribution in [0.5, 0.6) is 0 Å². The maximum Gasteiger partial charge on any atom is -1.00 e. The molecule has 0 N–H and O–H groups in total. The van der Waals surface area contributed by atoms with Crippen LogP contribution in [-0.4, -0.2) is 5.92 Å². The maximum absolute atomic E-state index is 2.49. The minimum Gasteiger partial charge on any atom is -1.00 e. The van der Waals surface area contributed by atoms with E-state index in [2.05, 4.69) is 53.7 Å². The Morgan fingerprint density at radius 2 is 1.18 bits per heavy atom. The number of allylic oxidation sites excluding steroid dienone is 8. The molecule has 0 unspecified atom stereocenters. The Morgan fingerprint density at radius 3 is 1.41 bits per heavy atom. The van der Waals surface area contributed by atoms with Crippen LogP contribution < -0.4 is 34.0 Å². The average molecular weight is 525 g/mol. The van der Waals surface area contributed by atoms with Crippen LogP contribution in [0.2, 0.25) is 12.1 Å². The van der Waals surface area contributed by atoms with Crippen LogP contribution in [0.15, 0.2) is 41.0 Å². The third-order valence-corrected chi connectivity index (χ3v) is 30.4.